The van der Waals surface area contributed by atoms with Crippen LogP contribution in [0.25, 0.3) is 5.69 Å². The Kier molecular flexibility index (Phi) is 3.69. The third-order valence-electron chi connectivity index (χ3n) is 2.37. The molecule has 94 valence electrons. The van der Waals surface area contributed by atoms with Crippen molar-refractivity contribution in [1.29, 1.82) is 0 Å². The molecule has 1 heterocycles. The maximum Gasteiger partial charge on any atom is 0.273 e. The van der Waals surface area contributed by atoms with E-state index in [-0.39, 0.29) is 23.9 Å². The highest BCUT2D eigenvalue weighted by molar-refractivity contribution is 5.93. The van der Waals surface area contributed by atoms with E-state index in [9.17, 15) is 9.90 Å². The minimum absolute atomic E-state index is 0.156. The van der Waals surface area contributed by atoms with Gasteiger partial charge in [0.05, 0.1) is 12.3 Å². The molecule has 0 radical (unpaired) electrons. The summed E-state index contributed by atoms with van der Waals surface area (Å²) in [5.41, 5.74) is 1.16. The van der Waals surface area contributed by atoms with Crippen LogP contribution in [0, 0.1) is 0 Å². The number of amides is 1. The van der Waals surface area contributed by atoms with E-state index in [1.54, 1.807) is 0 Å². The highest BCUT2D eigenvalue weighted by Gasteiger charge is 2.17. The number of carbonyl (C=O) groups is 1. The number of aliphatic hydroxyl groups is 1. The normalized spacial score (nSPS) is 10.3. The number of aromatic nitrogens is 3. The van der Waals surface area contributed by atoms with Gasteiger partial charge in [-0.05, 0) is 19.1 Å². The van der Waals surface area contributed by atoms with Gasteiger partial charge < -0.3 is 10.4 Å². The number of benzene rings is 1. The predicted octanol–water partition coefficient (Wildman–Crippen LogP) is 0.509. The Hall–Kier alpha value is -2.21. The molecule has 18 heavy (non-hydrogen) atoms. The van der Waals surface area contributed by atoms with Crippen molar-refractivity contribution >= 4 is 5.91 Å². The lowest BCUT2D eigenvalue weighted by atomic mass is 10.3. The van der Waals surface area contributed by atoms with Crippen LogP contribution >= 0.6 is 0 Å². The molecule has 6 nitrogen and oxygen atoms in total. The number of hydrogen-bond donors (Lipinski definition) is 2. The summed E-state index contributed by atoms with van der Waals surface area (Å²) in [6.07, 6.45) is 0. The summed E-state index contributed by atoms with van der Waals surface area (Å²) >= 11 is 0. The third-order valence-corrected chi connectivity index (χ3v) is 2.37. The molecule has 0 saturated carbocycles. The Morgan fingerprint density at radius 3 is 2.67 bits per heavy atom. The fourth-order valence-corrected chi connectivity index (χ4v) is 1.54. The molecule has 0 bridgehead atoms. The maximum absolute atomic E-state index is 11.7. The largest absolute Gasteiger partial charge is 0.390 e. The van der Waals surface area contributed by atoms with Crippen LogP contribution in [-0.2, 0) is 6.61 Å². The molecule has 1 aromatic carbocycles. The molecule has 0 aliphatic rings. The zero-order valence-electron chi connectivity index (χ0n) is 10.00. The van der Waals surface area contributed by atoms with Gasteiger partial charge in [-0.2, -0.15) is 4.80 Å². The SMILES string of the molecule is CCNC(=O)c1nn(-c2ccccc2)nc1CO. The molecular weight excluding hydrogens is 232 g/mol. The number of para-hydroxylation sites is 1. The van der Waals surface area contributed by atoms with Crippen LogP contribution in [0.1, 0.15) is 23.1 Å². The molecule has 6 heteroatoms. The van der Waals surface area contributed by atoms with Gasteiger partial charge in [-0.25, -0.2) is 0 Å². The van der Waals surface area contributed by atoms with Gasteiger partial charge in [-0.3, -0.25) is 4.79 Å². The van der Waals surface area contributed by atoms with E-state index >= 15 is 0 Å². The van der Waals surface area contributed by atoms with E-state index < -0.39 is 0 Å². The lowest BCUT2D eigenvalue weighted by molar-refractivity contribution is 0.0947. The second-order valence-electron chi connectivity index (χ2n) is 3.64. The average Bonchev–Trinajstić information content (AvgIpc) is 2.84. The zero-order chi connectivity index (χ0) is 13.0. The van der Waals surface area contributed by atoms with E-state index in [1.807, 2.05) is 37.3 Å². The van der Waals surface area contributed by atoms with E-state index in [4.69, 9.17) is 0 Å². The van der Waals surface area contributed by atoms with E-state index in [2.05, 4.69) is 15.5 Å². The molecule has 0 unspecified atom stereocenters. The van der Waals surface area contributed by atoms with Crippen molar-refractivity contribution in [3.63, 3.8) is 0 Å². The first-order chi connectivity index (χ1) is 8.76. The summed E-state index contributed by atoms with van der Waals surface area (Å²) in [7, 11) is 0. The van der Waals surface area contributed by atoms with E-state index in [1.165, 1.54) is 4.80 Å². The van der Waals surface area contributed by atoms with Crippen molar-refractivity contribution in [3.05, 3.63) is 41.7 Å². The monoisotopic (exact) mass is 246 g/mol. The molecule has 2 N–H and O–H groups in total. The highest BCUT2D eigenvalue weighted by Crippen LogP contribution is 2.08. The maximum atomic E-state index is 11.7. The lowest BCUT2D eigenvalue weighted by Gasteiger charge is -1.98. The summed E-state index contributed by atoms with van der Waals surface area (Å²) in [5, 5.41) is 20.0. The molecule has 0 aliphatic heterocycles. The minimum atomic E-state index is -0.330. The summed E-state index contributed by atoms with van der Waals surface area (Å²) in [4.78, 5) is 13.1. The quantitative estimate of drug-likeness (QED) is 0.823. The Labute approximate surface area is 104 Å². The van der Waals surface area contributed by atoms with Crippen molar-refractivity contribution in [2.24, 2.45) is 0 Å². The van der Waals surface area contributed by atoms with Gasteiger partial charge in [-0.15, -0.1) is 10.2 Å². The Balaban J connectivity index is 2.38. The van der Waals surface area contributed by atoms with Crippen molar-refractivity contribution in [1.82, 2.24) is 20.3 Å². The van der Waals surface area contributed by atoms with Gasteiger partial charge in [0.2, 0.25) is 0 Å². The second kappa shape index (κ2) is 5.42. The summed E-state index contributed by atoms with van der Waals surface area (Å²) in [6, 6.07) is 9.22. The van der Waals surface area contributed by atoms with Crippen LogP contribution in [0.2, 0.25) is 0 Å². The molecule has 2 rings (SSSR count). The van der Waals surface area contributed by atoms with Crippen LogP contribution in [-0.4, -0.2) is 32.6 Å². The topological polar surface area (TPSA) is 80.0 Å². The number of aliphatic hydroxyl groups excluding tert-OH is 1. The molecule has 0 aliphatic carbocycles. The smallest absolute Gasteiger partial charge is 0.273 e. The van der Waals surface area contributed by atoms with Crippen molar-refractivity contribution < 1.29 is 9.90 Å². The Morgan fingerprint density at radius 2 is 2.06 bits per heavy atom. The van der Waals surface area contributed by atoms with Crippen LogP contribution in [0.5, 0.6) is 0 Å². The number of nitrogens with zero attached hydrogens (tertiary/aromatic N) is 3. The van der Waals surface area contributed by atoms with Crippen LogP contribution in [0.15, 0.2) is 30.3 Å². The van der Waals surface area contributed by atoms with Crippen LogP contribution < -0.4 is 5.32 Å². The fraction of sp³-hybridized carbons (Fsp3) is 0.250. The first kappa shape index (κ1) is 12.3. The predicted molar refractivity (Wildman–Crippen MR) is 65.3 cm³/mol. The number of carbonyl (C=O) groups excluding carboxylic acids is 1. The van der Waals surface area contributed by atoms with Crippen molar-refractivity contribution in [2.45, 2.75) is 13.5 Å². The van der Waals surface area contributed by atoms with Gasteiger partial charge in [0.1, 0.15) is 5.69 Å². The summed E-state index contributed by atoms with van der Waals surface area (Å²) in [6.45, 7) is 2.00. The molecule has 0 spiro atoms. The van der Waals surface area contributed by atoms with Crippen LogP contribution in [0.3, 0.4) is 0 Å². The van der Waals surface area contributed by atoms with Crippen molar-refractivity contribution in [3.8, 4) is 5.69 Å². The van der Waals surface area contributed by atoms with E-state index in [0.29, 0.717) is 6.54 Å². The molecular formula is C12H14N4O2. The molecule has 2 aromatic rings. The first-order valence-corrected chi connectivity index (χ1v) is 5.67. The number of nitrogens with one attached hydrogen (secondary N) is 1. The van der Waals surface area contributed by atoms with Crippen molar-refractivity contribution in [2.75, 3.05) is 6.54 Å². The Morgan fingerprint density at radius 1 is 1.33 bits per heavy atom. The zero-order valence-corrected chi connectivity index (χ0v) is 10.00. The standard InChI is InChI=1S/C12H14N4O2/c1-2-13-12(18)11-10(8-17)14-16(15-11)9-6-4-3-5-7-9/h3-7,17H,2,8H2,1H3,(H,13,18). The highest BCUT2D eigenvalue weighted by atomic mass is 16.3. The number of hydrogen-bond acceptors (Lipinski definition) is 4. The molecule has 1 aromatic heterocycles. The molecule has 0 fully saturated rings. The van der Waals surface area contributed by atoms with Gasteiger partial charge in [0, 0.05) is 6.54 Å². The molecule has 1 amide bonds. The van der Waals surface area contributed by atoms with Crippen LogP contribution in [0.4, 0.5) is 0 Å². The summed E-state index contributed by atoms with van der Waals surface area (Å²) in [5.74, 6) is -0.330. The minimum Gasteiger partial charge on any atom is -0.390 e. The average molecular weight is 246 g/mol. The van der Waals surface area contributed by atoms with E-state index in [0.717, 1.165) is 5.69 Å². The molecule has 0 atom stereocenters. The van der Waals surface area contributed by atoms with Gasteiger partial charge in [0.15, 0.2) is 5.69 Å². The second-order valence-corrected chi connectivity index (χ2v) is 3.64. The first-order valence-electron chi connectivity index (χ1n) is 5.67. The summed E-state index contributed by atoms with van der Waals surface area (Å²) < 4.78 is 0. The molecule has 0 saturated heterocycles. The number of rotatable bonds is 4. The van der Waals surface area contributed by atoms with Gasteiger partial charge >= 0.3 is 0 Å². The fourth-order valence-electron chi connectivity index (χ4n) is 1.54. The lowest BCUT2D eigenvalue weighted by Crippen LogP contribution is -2.24. The van der Waals surface area contributed by atoms with Gasteiger partial charge in [0.25, 0.3) is 5.91 Å². The third kappa shape index (κ3) is 2.38. The Bertz CT molecular complexity index is 536. The van der Waals surface area contributed by atoms with Gasteiger partial charge in [-0.1, -0.05) is 18.2 Å².